The van der Waals surface area contributed by atoms with Crippen LogP contribution in [-0.2, 0) is 0 Å². The summed E-state index contributed by atoms with van der Waals surface area (Å²) in [6.07, 6.45) is 10.6. The van der Waals surface area contributed by atoms with Crippen LogP contribution >= 0.6 is 27.7 Å². The van der Waals surface area contributed by atoms with E-state index in [-0.39, 0.29) is 0 Å². The van der Waals surface area contributed by atoms with Crippen molar-refractivity contribution in [2.45, 2.75) is 33.1 Å². The predicted molar refractivity (Wildman–Crippen MR) is 153 cm³/mol. The van der Waals surface area contributed by atoms with Crippen molar-refractivity contribution in [1.29, 1.82) is 0 Å². The highest BCUT2D eigenvalue weighted by molar-refractivity contribution is 9.12. The van der Waals surface area contributed by atoms with Crippen molar-refractivity contribution in [3.8, 4) is 0 Å². The smallest absolute Gasteiger partial charge is 0.0305 e. The quantitative estimate of drug-likeness (QED) is 0.329. The first-order chi connectivity index (χ1) is 16.6. The van der Waals surface area contributed by atoms with Crippen molar-refractivity contribution in [3.63, 3.8) is 0 Å². The molecule has 0 saturated heterocycles. The fraction of sp³-hybridized carbons (Fsp3) is 0.188. The van der Waals surface area contributed by atoms with Gasteiger partial charge in [0.15, 0.2) is 0 Å². The Morgan fingerprint density at radius 3 is 2.44 bits per heavy atom. The minimum Gasteiger partial charge on any atom is -0.0924 e. The van der Waals surface area contributed by atoms with E-state index in [1.165, 1.54) is 64.0 Å². The lowest BCUT2D eigenvalue weighted by atomic mass is 9.81. The lowest BCUT2D eigenvalue weighted by molar-refractivity contribution is 0.760. The summed E-state index contributed by atoms with van der Waals surface area (Å²) in [4.78, 5) is 2.83. The molecule has 0 spiro atoms. The highest BCUT2D eigenvalue weighted by Gasteiger charge is 2.33. The monoisotopic (exact) mass is 522 g/mol. The Hall–Kier alpha value is -2.55. The Balaban J connectivity index is 1.34. The molecule has 0 amide bonds. The van der Waals surface area contributed by atoms with Crippen LogP contribution in [0.15, 0.2) is 111 Å². The summed E-state index contributed by atoms with van der Waals surface area (Å²) in [5.41, 5.74) is 9.98. The van der Waals surface area contributed by atoms with E-state index >= 15 is 0 Å². The van der Waals surface area contributed by atoms with Crippen LogP contribution in [0.3, 0.4) is 0 Å². The molecule has 1 unspecified atom stereocenters. The molecule has 0 nitrogen and oxygen atoms in total. The van der Waals surface area contributed by atoms with Gasteiger partial charge in [0.05, 0.1) is 0 Å². The Morgan fingerprint density at radius 2 is 1.56 bits per heavy atom. The molecule has 2 heteroatoms. The molecule has 1 aliphatic heterocycles. The number of hydrogen-bond acceptors (Lipinski definition) is 1. The number of aryl methyl sites for hydroxylation is 1. The Labute approximate surface area is 215 Å². The fourth-order valence-electron chi connectivity index (χ4n) is 5.44. The van der Waals surface area contributed by atoms with Gasteiger partial charge < -0.3 is 0 Å². The second-order valence-corrected chi connectivity index (χ2v) is 11.4. The molecular formula is C32H27BrS. The van der Waals surface area contributed by atoms with Crippen molar-refractivity contribution in [1.82, 2.24) is 0 Å². The Kier molecular flexibility index (Phi) is 5.75. The van der Waals surface area contributed by atoms with Crippen LogP contribution in [-0.4, -0.2) is 0 Å². The van der Waals surface area contributed by atoms with E-state index in [2.05, 4.69) is 115 Å². The maximum atomic E-state index is 4.05. The van der Waals surface area contributed by atoms with Crippen molar-refractivity contribution in [3.05, 3.63) is 128 Å². The van der Waals surface area contributed by atoms with Gasteiger partial charge in [-0.05, 0) is 82.2 Å². The van der Waals surface area contributed by atoms with E-state index < -0.39 is 0 Å². The zero-order valence-electron chi connectivity index (χ0n) is 19.6. The van der Waals surface area contributed by atoms with Gasteiger partial charge in [-0.1, -0.05) is 118 Å². The van der Waals surface area contributed by atoms with Gasteiger partial charge in [-0.25, -0.2) is 0 Å². The summed E-state index contributed by atoms with van der Waals surface area (Å²) in [5, 5.41) is 2.63. The zero-order valence-corrected chi connectivity index (χ0v) is 22.0. The molecule has 3 aromatic rings. The zero-order chi connectivity index (χ0) is 23.2. The number of allylic oxidation sites excluding steroid dienone is 9. The second-order valence-electron chi connectivity index (χ2n) is 9.50. The molecule has 0 bridgehead atoms. The molecule has 0 saturated carbocycles. The van der Waals surface area contributed by atoms with E-state index in [1.807, 2.05) is 11.8 Å². The van der Waals surface area contributed by atoms with Crippen LogP contribution < -0.4 is 0 Å². The van der Waals surface area contributed by atoms with Gasteiger partial charge in [0.25, 0.3) is 0 Å². The first-order valence-electron chi connectivity index (χ1n) is 12.0. The summed E-state index contributed by atoms with van der Waals surface area (Å²) in [6, 6.07) is 24.1. The first-order valence-corrected chi connectivity index (χ1v) is 13.6. The van der Waals surface area contributed by atoms with Crippen LogP contribution in [0.4, 0.5) is 0 Å². The van der Waals surface area contributed by atoms with Crippen LogP contribution in [0.2, 0.25) is 0 Å². The Morgan fingerprint density at radius 1 is 0.794 bits per heavy atom. The number of thioether (sulfide) groups is 1. The largest absolute Gasteiger partial charge is 0.0924 e. The minimum atomic E-state index is 0.425. The van der Waals surface area contributed by atoms with E-state index in [0.29, 0.717) is 5.92 Å². The molecule has 0 N–H and O–H groups in total. The summed E-state index contributed by atoms with van der Waals surface area (Å²) >= 11 is 5.99. The molecule has 3 aromatic carbocycles. The molecule has 1 heterocycles. The number of benzene rings is 3. The third-order valence-corrected chi connectivity index (χ3v) is 9.90. The van der Waals surface area contributed by atoms with Gasteiger partial charge in [0, 0.05) is 15.3 Å². The molecule has 1 atom stereocenters. The van der Waals surface area contributed by atoms with E-state index in [0.717, 1.165) is 19.3 Å². The number of rotatable bonds is 3. The first kappa shape index (κ1) is 21.9. The molecule has 3 aliphatic rings. The fourth-order valence-corrected chi connectivity index (χ4v) is 7.70. The summed E-state index contributed by atoms with van der Waals surface area (Å²) in [6.45, 7) is 4.52. The van der Waals surface area contributed by atoms with E-state index in [1.54, 1.807) is 0 Å². The Bertz CT molecular complexity index is 1470. The lowest BCUT2D eigenvalue weighted by Crippen LogP contribution is -2.08. The summed E-state index contributed by atoms with van der Waals surface area (Å²) in [7, 11) is 0. The molecule has 0 fully saturated rings. The lowest BCUT2D eigenvalue weighted by Gasteiger charge is -2.25. The maximum Gasteiger partial charge on any atom is 0.0305 e. The van der Waals surface area contributed by atoms with Crippen molar-refractivity contribution >= 4 is 48.9 Å². The molecule has 34 heavy (non-hydrogen) atoms. The van der Waals surface area contributed by atoms with Crippen molar-refractivity contribution in [2.75, 3.05) is 0 Å². The van der Waals surface area contributed by atoms with Gasteiger partial charge in [0.1, 0.15) is 0 Å². The van der Waals surface area contributed by atoms with E-state index in [9.17, 15) is 0 Å². The average molecular weight is 524 g/mol. The van der Waals surface area contributed by atoms with Gasteiger partial charge in [-0.15, -0.1) is 0 Å². The van der Waals surface area contributed by atoms with Crippen molar-refractivity contribution < 1.29 is 0 Å². The van der Waals surface area contributed by atoms with Crippen LogP contribution in [0.5, 0.6) is 0 Å². The molecule has 168 valence electrons. The van der Waals surface area contributed by atoms with Crippen molar-refractivity contribution in [2.24, 2.45) is 5.92 Å². The number of fused-ring (bicyclic) bond motifs is 2. The summed E-state index contributed by atoms with van der Waals surface area (Å²) < 4.78 is 1.34. The second kappa shape index (κ2) is 8.91. The van der Waals surface area contributed by atoms with Gasteiger partial charge in [0.2, 0.25) is 0 Å². The number of halogens is 1. The summed E-state index contributed by atoms with van der Waals surface area (Å²) in [5.74, 6) is 0.425. The maximum absolute atomic E-state index is 4.05. The molecule has 6 rings (SSSR count). The molecule has 0 radical (unpaired) electrons. The topological polar surface area (TPSA) is 0 Å². The van der Waals surface area contributed by atoms with Crippen LogP contribution in [0, 0.1) is 12.8 Å². The number of hydrogen-bond donors (Lipinski definition) is 0. The average Bonchev–Trinajstić information content (AvgIpc) is 3.20. The normalized spacial score (nSPS) is 20.3. The third-order valence-electron chi connectivity index (χ3n) is 7.39. The van der Waals surface area contributed by atoms with Gasteiger partial charge in [-0.2, -0.15) is 0 Å². The molecular weight excluding hydrogens is 496 g/mol. The van der Waals surface area contributed by atoms with Gasteiger partial charge in [-0.3, -0.25) is 0 Å². The van der Waals surface area contributed by atoms with Gasteiger partial charge >= 0.3 is 0 Å². The highest BCUT2D eigenvalue weighted by atomic mass is 79.9. The molecule has 2 aliphatic carbocycles. The SMILES string of the molecule is CC1=C(c2ccccc2C)C=C(C2=CC=C3SC(c4cccc5ccccc45)=C(Br)C3C2)CC1. The predicted octanol–water partition coefficient (Wildman–Crippen LogP) is 9.98. The highest BCUT2D eigenvalue weighted by Crippen LogP contribution is 2.57. The van der Waals surface area contributed by atoms with E-state index in [4.69, 9.17) is 0 Å². The minimum absolute atomic E-state index is 0.425. The third kappa shape index (κ3) is 3.78. The standard InChI is InChI=1S/C32H27BrS/c1-20-8-3-5-11-25(20)28-18-23(15-14-21(28)2)24-16-17-30-29(19-24)31(33)32(34-30)27-13-7-10-22-9-4-6-12-26(22)27/h3-13,16-18,29H,14-15,19H2,1-2H3. The van der Waals surface area contributed by atoms with Crippen LogP contribution in [0.25, 0.3) is 21.3 Å². The van der Waals surface area contributed by atoms with Crippen LogP contribution in [0.1, 0.15) is 42.9 Å². The molecule has 0 aromatic heterocycles.